The van der Waals surface area contributed by atoms with Crippen molar-refractivity contribution in [3.05, 3.63) is 12.2 Å². The zero-order chi connectivity index (χ0) is 17.3. The molecule has 2 aliphatic rings. The van der Waals surface area contributed by atoms with Crippen LogP contribution in [-0.2, 0) is 4.74 Å². The van der Waals surface area contributed by atoms with Gasteiger partial charge in [0.25, 0.3) is 0 Å². The maximum Gasteiger partial charge on any atom is 0.393 e. The Bertz CT molecular complexity index is 407. The van der Waals surface area contributed by atoms with E-state index in [1.165, 1.54) is 4.90 Å². The molecule has 0 saturated carbocycles. The van der Waals surface area contributed by atoms with Gasteiger partial charge in [-0.1, -0.05) is 0 Å². The standard InChI is InChI=1S/C13H17F7N2O/c14-6-11(21-1-3-23-4-2-21)22-7-9(12(15,16)17)5-10(8-22)13(18,19)20/h6,9-10H,1-5,7-8H2/b11-6-. The fraction of sp³-hybridized carbons (Fsp3) is 0.846. The maximum atomic E-state index is 13.2. The third-order valence-electron chi connectivity index (χ3n) is 4.13. The second kappa shape index (κ2) is 6.74. The van der Waals surface area contributed by atoms with Crippen molar-refractivity contribution in [2.24, 2.45) is 11.8 Å². The Morgan fingerprint density at radius 3 is 1.74 bits per heavy atom. The van der Waals surface area contributed by atoms with Gasteiger partial charge in [-0.2, -0.15) is 26.3 Å². The molecule has 2 saturated heterocycles. The van der Waals surface area contributed by atoms with Crippen LogP contribution in [-0.4, -0.2) is 61.5 Å². The van der Waals surface area contributed by atoms with Gasteiger partial charge in [0.2, 0.25) is 0 Å². The van der Waals surface area contributed by atoms with E-state index in [0.717, 1.165) is 4.90 Å². The van der Waals surface area contributed by atoms with E-state index in [4.69, 9.17) is 4.74 Å². The summed E-state index contributed by atoms with van der Waals surface area (Å²) in [6, 6.07) is 0. The predicted molar refractivity (Wildman–Crippen MR) is 66.9 cm³/mol. The van der Waals surface area contributed by atoms with Crippen LogP contribution < -0.4 is 0 Å². The van der Waals surface area contributed by atoms with Crippen LogP contribution in [0.3, 0.4) is 0 Å². The van der Waals surface area contributed by atoms with Gasteiger partial charge in [-0.05, 0) is 6.42 Å². The van der Waals surface area contributed by atoms with Gasteiger partial charge < -0.3 is 14.5 Å². The highest BCUT2D eigenvalue weighted by atomic mass is 19.4. The molecule has 134 valence electrons. The molecule has 0 bridgehead atoms. The van der Waals surface area contributed by atoms with Crippen molar-refractivity contribution in [3.63, 3.8) is 0 Å². The van der Waals surface area contributed by atoms with E-state index in [0.29, 0.717) is 0 Å². The van der Waals surface area contributed by atoms with Crippen molar-refractivity contribution in [3.8, 4) is 0 Å². The van der Waals surface area contributed by atoms with E-state index in [2.05, 4.69) is 0 Å². The zero-order valence-corrected chi connectivity index (χ0v) is 12.1. The summed E-state index contributed by atoms with van der Waals surface area (Å²) < 4.78 is 96.0. The molecule has 3 nitrogen and oxygen atoms in total. The first-order chi connectivity index (χ1) is 10.6. The van der Waals surface area contributed by atoms with Crippen LogP contribution in [0, 0.1) is 11.8 Å². The number of hydrogen-bond acceptors (Lipinski definition) is 3. The van der Waals surface area contributed by atoms with Gasteiger partial charge in [-0.15, -0.1) is 0 Å². The van der Waals surface area contributed by atoms with Crippen molar-refractivity contribution in [2.75, 3.05) is 39.4 Å². The lowest BCUT2D eigenvalue weighted by molar-refractivity contribution is -0.229. The second-order valence-electron chi connectivity index (χ2n) is 5.68. The van der Waals surface area contributed by atoms with E-state index < -0.39 is 43.7 Å². The summed E-state index contributed by atoms with van der Waals surface area (Å²) in [6.07, 6.45) is -10.5. The molecule has 2 aliphatic heterocycles. The molecule has 2 atom stereocenters. The topological polar surface area (TPSA) is 15.7 Å². The van der Waals surface area contributed by atoms with E-state index in [1.54, 1.807) is 0 Å². The van der Waals surface area contributed by atoms with Crippen molar-refractivity contribution in [1.82, 2.24) is 9.80 Å². The summed E-state index contributed by atoms with van der Waals surface area (Å²) in [4.78, 5) is 2.26. The van der Waals surface area contributed by atoms with Crippen LogP contribution in [0.4, 0.5) is 30.7 Å². The SMILES string of the molecule is F/C=C(/N1CCOCC1)N1CC(C(F)(F)F)CC(C(F)(F)F)C1. The molecule has 0 aromatic carbocycles. The normalized spacial score (nSPS) is 28.2. The Balaban J connectivity index is 2.20. The monoisotopic (exact) mass is 350 g/mol. The Morgan fingerprint density at radius 2 is 1.35 bits per heavy atom. The molecule has 0 aromatic rings. The highest BCUT2D eigenvalue weighted by molar-refractivity contribution is 5.02. The number of hydrogen-bond donors (Lipinski definition) is 0. The van der Waals surface area contributed by atoms with Crippen LogP contribution in [0.1, 0.15) is 6.42 Å². The summed E-state index contributed by atoms with van der Waals surface area (Å²) >= 11 is 0. The predicted octanol–water partition coefficient (Wildman–Crippen LogP) is 3.15. The first-order valence-corrected chi connectivity index (χ1v) is 7.14. The van der Waals surface area contributed by atoms with Gasteiger partial charge in [0.15, 0.2) is 0 Å². The van der Waals surface area contributed by atoms with Crippen LogP contribution in [0.25, 0.3) is 0 Å². The summed E-state index contributed by atoms with van der Waals surface area (Å²) in [5.41, 5.74) is 0. The maximum absolute atomic E-state index is 13.2. The molecule has 0 aliphatic carbocycles. The lowest BCUT2D eigenvalue weighted by atomic mass is 9.88. The first-order valence-electron chi connectivity index (χ1n) is 7.14. The Morgan fingerprint density at radius 1 is 0.870 bits per heavy atom. The van der Waals surface area contributed by atoms with Gasteiger partial charge in [-0.3, -0.25) is 0 Å². The molecule has 0 spiro atoms. The lowest BCUT2D eigenvalue weighted by Gasteiger charge is -2.44. The molecular formula is C13H17F7N2O. The Labute approximate surface area is 128 Å². The summed E-state index contributed by atoms with van der Waals surface area (Å²) in [6.45, 7) is -0.418. The third-order valence-corrected chi connectivity index (χ3v) is 4.13. The molecule has 2 unspecified atom stereocenters. The highest BCUT2D eigenvalue weighted by Gasteiger charge is 2.52. The average molecular weight is 350 g/mol. The number of likely N-dealkylation sites (tertiary alicyclic amines) is 1. The van der Waals surface area contributed by atoms with E-state index in [1.807, 2.05) is 0 Å². The molecule has 0 N–H and O–H groups in total. The van der Waals surface area contributed by atoms with Crippen molar-refractivity contribution >= 4 is 0 Å². The summed E-state index contributed by atoms with van der Waals surface area (Å²) in [5, 5.41) is 0. The van der Waals surface area contributed by atoms with Gasteiger partial charge in [-0.25, -0.2) is 4.39 Å². The molecule has 0 amide bonds. The van der Waals surface area contributed by atoms with Crippen LogP contribution in [0.5, 0.6) is 0 Å². The van der Waals surface area contributed by atoms with Gasteiger partial charge in [0, 0.05) is 26.2 Å². The molecule has 2 fully saturated rings. The van der Waals surface area contributed by atoms with Crippen LogP contribution in [0.2, 0.25) is 0 Å². The number of piperidine rings is 1. The minimum absolute atomic E-state index is 0.0809. The van der Waals surface area contributed by atoms with Gasteiger partial charge in [0.1, 0.15) is 12.2 Å². The van der Waals surface area contributed by atoms with Crippen molar-refractivity contribution in [1.29, 1.82) is 0 Å². The zero-order valence-electron chi connectivity index (χ0n) is 12.1. The third kappa shape index (κ3) is 4.42. The highest BCUT2D eigenvalue weighted by Crippen LogP contribution is 2.42. The van der Waals surface area contributed by atoms with E-state index in [-0.39, 0.29) is 38.5 Å². The number of morpholine rings is 1. The molecule has 23 heavy (non-hydrogen) atoms. The summed E-state index contributed by atoms with van der Waals surface area (Å²) in [7, 11) is 0. The first kappa shape index (κ1) is 18.2. The number of halogens is 7. The quantitative estimate of drug-likeness (QED) is 0.712. The second-order valence-corrected chi connectivity index (χ2v) is 5.68. The fourth-order valence-electron chi connectivity index (χ4n) is 2.89. The molecular weight excluding hydrogens is 333 g/mol. The largest absolute Gasteiger partial charge is 0.393 e. The molecule has 0 aromatic heterocycles. The smallest absolute Gasteiger partial charge is 0.378 e. The Hall–Kier alpha value is -1.19. The Kier molecular flexibility index (Phi) is 5.32. The van der Waals surface area contributed by atoms with Crippen LogP contribution in [0.15, 0.2) is 12.2 Å². The molecule has 2 heterocycles. The van der Waals surface area contributed by atoms with Crippen molar-refractivity contribution < 1.29 is 35.5 Å². The summed E-state index contributed by atoms with van der Waals surface area (Å²) in [5.74, 6) is -4.52. The van der Waals surface area contributed by atoms with Crippen molar-refractivity contribution in [2.45, 2.75) is 18.8 Å². The minimum Gasteiger partial charge on any atom is -0.378 e. The van der Waals surface area contributed by atoms with E-state index >= 15 is 0 Å². The number of ether oxygens (including phenoxy) is 1. The number of alkyl halides is 6. The average Bonchev–Trinajstić information content (AvgIpc) is 2.47. The van der Waals surface area contributed by atoms with Gasteiger partial charge >= 0.3 is 12.4 Å². The van der Waals surface area contributed by atoms with E-state index in [9.17, 15) is 30.7 Å². The lowest BCUT2D eigenvalue weighted by Crippen LogP contribution is -2.52. The number of rotatable bonds is 2. The van der Waals surface area contributed by atoms with Crippen LogP contribution >= 0.6 is 0 Å². The molecule has 2 rings (SSSR count). The molecule has 10 heteroatoms. The number of nitrogens with zero attached hydrogens (tertiary/aromatic N) is 2. The minimum atomic E-state index is -4.76. The fourth-order valence-corrected chi connectivity index (χ4v) is 2.89. The van der Waals surface area contributed by atoms with Gasteiger partial charge in [0.05, 0.1) is 25.0 Å². The molecule has 0 radical (unpaired) electrons.